The van der Waals surface area contributed by atoms with Crippen LogP contribution in [0.2, 0.25) is 0 Å². The van der Waals surface area contributed by atoms with E-state index in [2.05, 4.69) is 71.1 Å². The van der Waals surface area contributed by atoms with Crippen LogP contribution in [0.1, 0.15) is 148 Å². The largest absolute Gasteiger partial charge is 0.508 e. The number of carboxylic acids is 7. The molecule has 16 atom stereocenters. The first-order valence-electron chi connectivity index (χ1n) is 38.6. The van der Waals surface area contributed by atoms with E-state index in [4.69, 9.17) is 22.3 Å². The first-order valence-corrected chi connectivity index (χ1v) is 39.2. The predicted molar refractivity (Wildman–Crippen MR) is 426 cm³/mol. The summed E-state index contributed by atoms with van der Waals surface area (Å²) < 4.78 is 0. The second-order valence-electron chi connectivity index (χ2n) is 28.8. The highest BCUT2D eigenvalue weighted by molar-refractivity contribution is 7.80. The number of carbonyl (C=O) groups excluding carboxylic acids is 14. The highest BCUT2D eigenvalue weighted by Crippen LogP contribution is 2.18. The van der Waals surface area contributed by atoms with Gasteiger partial charge in [-0.15, -0.1) is 0 Å². The molecule has 0 radical (unpaired) electrons. The van der Waals surface area contributed by atoms with E-state index in [1.54, 1.807) is 25.2 Å². The highest BCUT2D eigenvalue weighted by Gasteiger charge is 2.40. The first-order chi connectivity index (χ1) is 57.2. The van der Waals surface area contributed by atoms with Gasteiger partial charge in [0.05, 0.1) is 18.9 Å². The van der Waals surface area contributed by atoms with Crippen molar-refractivity contribution in [3.63, 3.8) is 0 Å². The molecule has 0 unspecified atom stereocenters. The van der Waals surface area contributed by atoms with E-state index in [1.807, 2.05) is 5.32 Å². The number of nitrogens with two attached hydrogens (primary N) is 3. The molecule has 122 heavy (non-hydrogen) atoms. The SMILES string of the molecule is CC[C@H](C)[C@H](NC(=O)[C@H](Cc1ccc(O)cc1)NC(=O)[C@@H](N)[C@@H](C)O)C(=O)N[C@@H](CS)C(=O)N[C@@H](CCC(=O)O)C(=O)N[C@H](C(=O)N[C@@H](CCC(=O)O)C(=O)N[C@@H](Cc1ccccc1)C(=O)N[C@@H](CCC(N)=O)C(=O)N[C@@H](CCCCN)C(=O)N[C@@H](CCC(=O)O)C(=O)N[C@@H](CCC(=O)O)C(=O)N[C@@H](CC(=O)O)C(=O)N[C@@H](CC(=O)O)C(=O)O)C(C)C. The Morgan fingerprint density at radius 3 is 1.05 bits per heavy atom. The monoisotopic (exact) mass is 1750 g/mol. The minimum atomic E-state index is -2.23. The molecule has 2 aromatic rings. The summed E-state index contributed by atoms with van der Waals surface area (Å²) in [5.41, 5.74) is 17.8. The number of phenols is 1. The fourth-order valence-electron chi connectivity index (χ4n) is 11.5. The number of hydrogen-bond acceptors (Lipinski definition) is 26. The fraction of sp³-hybridized carbons (Fsp3) is 0.560. The molecule has 0 saturated heterocycles. The lowest BCUT2D eigenvalue weighted by Gasteiger charge is -2.30. The van der Waals surface area contributed by atoms with Crippen molar-refractivity contribution in [3.8, 4) is 5.75 Å². The maximum Gasteiger partial charge on any atom is 0.326 e. The van der Waals surface area contributed by atoms with Crippen LogP contribution in [0.25, 0.3) is 0 Å². The lowest BCUT2D eigenvalue weighted by atomic mass is 9.96. The number of primary amides is 1. The van der Waals surface area contributed by atoms with Crippen LogP contribution >= 0.6 is 12.6 Å². The number of benzene rings is 2. The van der Waals surface area contributed by atoms with Gasteiger partial charge in [-0.05, 0) is 99.9 Å². The molecule has 14 amide bonds. The van der Waals surface area contributed by atoms with Gasteiger partial charge < -0.3 is 132 Å². The number of rotatable bonds is 59. The summed E-state index contributed by atoms with van der Waals surface area (Å²) in [6, 6.07) is -12.4. The molecule has 0 fully saturated rings. The molecule has 0 heterocycles. The van der Waals surface area contributed by atoms with Gasteiger partial charge in [-0.3, -0.25) is 95.9 Å². The van der Waals surface area contributed by atoms with E-state index in [0.717, 1.165) is 0 Å². The van der Waals surface area contributed by atoms with Crippen molar-refractivity contribution in [1.29, 1.82) is 0 Å². The normalized spacial score (nSPS) is 15.0. The Hall–Kier alpha value is -12.7. The van der Waals surface area contributed by atoms with Gasteiger partial charge in [-0.2, -0.15) is 12.6 Å². The summed E-state index contributed by atoms with van der Waals surface area (Å²) in [7, 11) is 0. The Kier molecular flexibility index (Phi) is 46.5. The van der Waals surface area contributed by atoms with Gasteiger partial charge >= 0.3 is 41.8 Å². The summed E-state index contributed by atoms with van der Waals surface area (Å²) in [6.45, 7) is 7.27. The Morgan fingerprint density at radius 1 is 0.361 bits per heavy atom. The lowest BCUT2D eigenvalue weighted by Crippen LogP contribution is -2.62. The van der Waals surface area contributed by atoms with Crippen LogP contribution in [-0.4, -0.2) is 273 Å². The third-order valence-corrected chi connectivity index (χ3v) is 19.0. The van der Waals surface area contributed by atoms with Crippen molar-refractivity contribution in [3.05, 3.63) is 65.7 Å². The second-order valence-corrected chi connectivity index (χ2v) is 29.2. The van der Waals surface area contributed by atoms with Crippen molar-refractivity contribution < 1.29 is 147 Å². The van der Waals surface area contributed by atoms with E-state index in [0.29, 0.717) is 11.1 Å². The zero-order chi connectivity index (χ0) is 92.4. The molecule has 28 N–H and O–H groups in total. The molecule has 676 valence electrons. The van der Waals surface area contributed by atoms with Gasteiger partial charge in [0.15, 0.2) is 0 Å². The van der Waals surface area contributed by atoms with Gasteiger partial charge in [0.25, 0.3) is 0 Å². The molecule has 0 aromatic heterocycles. The predicted octanol–water partition coefficient (Wildman–Crippen LogP) is -6.29. The molecule has 46 nitrogen and oxygen atoms in total. The number of phenolic OH excluding ortho intramolecular Hbond substituents is 1. The molecular formula is C75H110N16O30S. The molecule has 0 bridgehead atoms. The van der Waals surface area contributed by atoms with Crippen LogP contribution in [0, 0.1) is 11.8 Å². The number of carboxylic acid groups (broad SMARTS) is 7. The average molecular weight is 1750 g/mol. The van der Waals surface area contributed by atoms with Crippen molar-refractivity contribution in [2.45, 2.75) is 241 Å². The first kappa shape index (κ1) is 105. The van der Waals surface area contributed by atoms with Gasteiger partial charge in [0, 0.05) is 50.7 Å². The number of thiol groups is 1. The zero-order valence-electron chi connectivity index (χ0n) is 67.4. The number of unbranched alkanes of at least 4 members (excludes halogenated alkanes) is 1. The van der Waals surface area contributed by atoms with E-state index in [1.165, 1.54) is 69.3 Å². The summed E-state index contributed by atoms with van der Waals surface area (Å²) in [5, 5.41) is 117. The number of carbonyl (C=O) groups is 21. The summed E-state index contributed by atoms with van der Waals surface area (Å²) in [4.78, 5) is 279. The molecule has 0 aliphatic heterocycles. The van der Waals surface area contributed by atoms with Crippen LogP contribution < -0.4 is 86.3 Å². The zero-order valence-corrected chi connectivity index (χ0v) is 68.3. The van der Waals surface area contributed by atoms with E-state index < -0.39 is 316 Å². The van der Waals surface area contributed by atoms with Crippen molar-refractivity contribution >= 4 is 137 Å². The van der Waals surface area contributed by atoms with Gasteiger partial charge in [-0.1, -0.05) is 76.6 Å². The molecule has 2 aromatic carbocycles. The van der Waals surface area contributed by atoms with Crippen LogP contribution in [0.5, 0.6) is 5.75 Å². The van der Waals surface area contributed by atoms with E-state index in [9.17, 15) is 142 Å². The van der Waals surface area contributed by atoms with E-state index in [-0.39, 0.29) is 44.4 Å². The molecule has 2 rings (SSSR count). The van der Waals surface area contributed by atoms with Crippen LogP contribution in [-0.2, 0) is 114 Å². The number of aliphatic hydroxyl groups is 1. The van der Waals surface area contributed by atoms with Crippen molar-refractivity contribution in [1.82, 2.24) is 69.1 Å². The minimum absolute atomic E-state index is 0.00121. The van der Waals surface area contributed by atoms with Crippen LogP contribution in [0.15, 0.2) is 54.6 Å². The number of aliphatic hydroxyl groups excluding tert-OH is 1. The van der Waals surface area contributed by atoms with Crippen LogP contribution in [0.4, 0.5) is 0 Å². The fourth-order valence-corrected chi connectivity index (χ4v) is 11.7. The molecular weight excluding hydrogens is 1640 g/mol. The molecule has 0 spiro atoms. The van der Waals surface area contributed by atoms with E-state index >= 15 is 0 Å². The Morgan fingerprint density at radius 2 is 0.672 bits per heavy atom. The van der Waals surface area contributed by atoms with Crippen molar-refractivity contribution in [2.75, 3.05) is 12.3 Å². The Bertz CT molecular complexity index is 4010. The van der Waals surface area contributed by atoms with Crippen molar-refractivity contribution in [2.24, 2.45) is 29.0 Å². The molecule has 0 aliphatic carbocycles. The maximum atomic E-state index is 14.8. The molecule has 0 aliphatic rings. The standard InChI is InChI=1S/C75H110N16O30S/c1-6-36(4)61(91-70(115)48(87-72(117)59(78)37(5)92)31-39-15-17-40(93)18-16-39)74(119)89-51(34-122)71(116)83-46(23-28-56(101)102)67(112)90-60(35(2)3)73(118)84-45(22-27-55(99)100)66(111)85-47(30-38-12-8-7-9-13-38)68(113)82-42(19-24-52(77)94)63(108)79-41(14-10-11-29-76)62(107)80-43(20-25-53(95)96)64(109)81-44(21-26-54(97)98)65(110)86-49(32-57(103)104)69(114)88-50(75(120)121)33-58(105)106/h7-9,12-13,15-18,35-37,41-51,59-61,92-93,122H,6,10-11,14,19-34,76,78H2,1-5H3,(H2,77,94)(H,79,108)(H,80,107)(H,81,109)(H,82,113)(H,83,116)(H,84,118)(H,85,111)(H,86,110)(H,87,117)(H,88,114)(H,89,119)(H,90,112)(H,91,115)(H,95,96)(H,97,98)(H,99,100)(H,101,102)(H,103,104)(H,105,106)(H,120,121)/t36-,37+,41-,42-,43-,44-,45-,46-,47-,48-,49-,50-,51-,59-,60-,61-/m0/s1. The number of amides is 14. The summed E-state index contributed by atoms with van der Waals surface area (Å²) >= 11 is 4.23. The second kappa shape index (κ2) is 53.8. The number of hydrogen-bond donors (Lipinski definition) is 26. The number of aliphatic carboxylic acids is 7. The third-order valence-electron chi connectivity index (χ3n) is 18.6. The summed E-state index contributed by atoms with van der Waals surface area (Å²) in [6.07, 6.45) is -12.5. The average Bonchev–Trinajstić information content (AvgIpc) is 0.849. The highest BCUT2D eigenvalue weighted by atomic mass is 32.1. The third kappa shape index (κ3) is 39.5. The molecule has 0 saturated carbocycles. The maximum absolute atomic E-state index is 14.8. The molecule has 47 heteroatoms. The number of nitrogens with one attached hydrogen (secondary N) is 13. The topological polar surface area (TPSA) is 775 Å². The van der Waals surface area contributed by atoms with Gasteiger partial charge in [-0.25, -0.2) is 4.79 Å². The quantitative estimate of drug-likeness (QED) is 0.0216. The van der Waals surface area contributed by atoms with Gasteiger partial charge in [0.1, 0.15) is 90.3 Å². The van der Waals surface area contributed by atoms with Gasteiger partial charge in [0.2, 0.25) is 82.7 Å². The van der Waals surface area contributed by atoms with Crippen LogP contribution in [0.3, 0.4) is 0 Å². The lowest BCUT2D eigenvalue weighted by molar-refractivity contribution is -0.148. The Labute approximate surface area is 703 Å². The minimum Gasteiger partial charge on any atom is -0.508 e. The Balaban J connectivity index is 2.63. The smallest absolute Gasteiger partial charge is 0.326 e. The number of aromatic hydroxyl groups is 1. The summed E-state index contributed by atoms with van der Waals surface area (Å²) in [5.74, 6) is -30.9.